The molecule has 13 aliphatic rings. The summed E-state index contributed by atoms with van der Waals surface area (Å²) in [5.41, 5.74) is 34.6. The molecule has 23 nitrogen and oxygen atoms in total. The molecule has 120 heavy (non-hydrogen) atoms. The van der Waals surface area contributed by atoms with E-state index >= 15 is 0 Å². The Kier molecular flexibility index (Phi) is 28.0. The van der Waals surface area contributed by atoms with Crippen LogP contribution in [-0.4, -0.2) is 238 Å². The van der Waals surface area contributed by atoms with E-state index in [0.29, 0.717) is 118 Å². The third-order valence-electron chi connectivity index (χ3n) is 25.8. The molecule has 0 radical (unpaired) electrons. The minimum atomic E-state index is -3.36. The molecule has 4 aromatic carbocycles. The van der Waals surface area contributed by atoms with Gasteiger partial charge in [0.2, 0.25) is 36.0 Å². The van der Waals surface area contributed by atoms with Gasteiger partial charge in [-0.3, -0.25) is 37.3 Å². The van der Waals surface area contributed by atoms with Crippen LogP contribution >= 0.6 is 0 Å². The van der Waals surface area contributed by atoms with Crippen LogP contribution in [0, 0.1) is 58.4 Å². The fourth-order valence-electron chi connectivity index (χ4n) is 19.4. The van der Waals surface area contributed by atoms with Crippen LogP contribution in [0.5, 0.6) is 0 Å². The fourth-order valence-corrected chi connectivity index (χ4v) is 24.7. The van der Waals surface area contributed by atoms with Crippen molar-refractivity contribution < 1.29 is 84.1 Å². The quantitative estimate of drug-likeness (QED) is 0.0758. The second-order valence-corrected chi connectivity index (χ2v) is 42.0. The van der Waals surface area contributed by atoms with Gasteiger partial charge in [0.1, 0.15) is 71.0 Å². The van der Waals surface area contributed by atoms with Crippen molar-refractivity contribution in [3.05, 3.63) is 187 Å². The largest absolute Gasteiger partial charge is 0.370 e. The number of ether oxygens (including phenoxy) is 4. The van der Waals surface area contributed by atoms with Gasteiger partial charge in [-0.05, 0) is 205 Å². The monoisotopic (exact) mass is 1740 g/mol. The van der Waals surface area contributed by atoms with Crippen molar-refractivity contribution in [3.63, 3.8) is 0 Å². The normalized spacial score (nSPS) is 28.7. The Morgan fingerprint density at radius 2 is 0.708 bits per heavy atom. The van der Waals surface area contributed by atoms with Gasteiger partial charge >= 0.3 is 0 Å². The molecular formula is C86H116F8N12O11S3. The van der Waals surface area contributed by atoms with E-state index in [1.54, 1.807) is 26.8 Å². The maximum atomic E-state index is 14.2. The number of hydrogen-bond acceptors (Lipinski definition) is 19. The predicted octanol–water partition coefficient (Wildman–Crippen LogP) is 10.5. The minimum Gasteiger partial charge on any atom is -0.370 e. The molecule has 0 bridgehead atoms. The van der Waals surface area contributed by atoms with Crippen LogP contribution in [0.3, 0.4) is 0 Å². The van der Waals surface area contributed by atoms with Gasteiger partial charge in [0.05, 0.1) is 42.7 Å². The molecule has 12 atom stereocenters. The Hall–Kier alpha value is -6.48. The molecule has 12 aliphatic heterocycles. The summed E-state index contributed by atoms with van der Waals surface area (Å²) < 4.78 is 217. The van der Waals surface area contributed by atoms with Gasteiger partial charge in [0, 0.05) is 178 Å². The number of amides is 1. The van der Waals surface area contributed by atoms with E-state index in [0.717, 1.165) is 172 Å². The first kappa shape index (κ1) is 89.8. The Morgan fingerprint density at radius 1 is 0.408 bits per heavy atom. The first-order valence-corrected chi connectivity index (χ1v) is 47.1. The van der Waals surface area contributed by atoms with Crippen LogP contribution in [0.4, 0.5) is 35.1 Å². The molecule has 4 saturated heterocycles. The summed E-state index contributed by atoms with van der Waals surface area (Å²) in [6.45, 7) is 20.2. The number of carbonyl (C=O) groups is 1. The average molecular weight is 1740 g/mol. The summed E-state index contributed by atoms with van der Waals surface area (Å²) >= 11 is 0. The van der Waals surface area contributed by atoms with E-state index in [9.17, 15) is 65.2 Å². The van der Waals surface area contributed by atoms with Gasteiger partial charge in [-0.15, -0.1) is 0 Å². The SMILES string of the molecule is CC(C)C(=O)N1CCCC2=C1CN([C@H]1CO[C@H](c3cc(F)ccc3F)[C@@H](N)C1)C2.CC(C)CS(=O)(=O)N1CCCC2=C1CN([C@H]1CO[C@H](c3cc(F)ccc3F)[C@@H](N)C1)C2.CC(C)S(=O)(=O)N1CCCC2=C1CN([C@H]1CO[C@H](c3cc(F)ccc3F)[C@@H](N)C1)C2.N[C@H]1C[C@@H](N2CC3=C(C2)N(S(=O)(=O)C2CC2)CCC3)CO[C@@H]1c1cc(F)ccc1F. The molecule has 1 amide bonds. The van der Waals surface area contributed by atoms with Crippen molar-refractivity contribution in [1.29, 1.82) is 0 Å². The second-order valence-electron chi connectivity index (χ2n) is 35.5. The number of benzene rings is 4. The lowest BCUT2D eigenvalue weighted by atomic mass is 9.93. The Bertz CT molecular complexity index is 4780. The van der Waals surface area contributed by atoms with E-state index < -0.39 is 130 Å². The predicted molar refractivity (Wildman–Crippen MR) is 438 cm³/mol. The van der Waals surface area contributed by atoms with Gasteiger partial charge in [-0.1, -0.05) is 27.7 Å². The minimum absolute atomic E-state index is 0.00192. The van der Waals surface area contributed by atoms with E-state index in [2.05, 4.69) is 19.6 Å². The van der Waals surface area contributed by atoms with Gasteiger partial charge in [0.15, 0.2) is 0 Å². The van der Waals surface area contributed by atoms with Gasteiger partial charge in [0.25, 0.3) is 0 Å². The standard InChI is InChI=1S/C22H31F2N3O3S.C22H29F2N3O2.C21H27F2N3O3S.C21H29F2N3O3S/c1-14(2)13-31(28,29)27-7-3-4-15-10-26(11-21(15)27)17-9-20(25)22(30-12-17)18-8-16(23)5-6-19(18)24;1-13(2)22(28)27-7-3-4-14-10-26(11-20(14)27)16-9-19(25)21(29-12-16)17-8-15(23)5-6-18(17)24;22-14-3-6-18(23)17(8-14)21-19(24)9-15(12-29-21)25-10-13-2-1-7-26(20(13)11-25)30(27,28)16-4-5-16;1-13(2)30(27,28)26-7-3-4-14-10-25(11-20(14)26)16-9-19(24)21(29-12-16)17-8-15(22)5-6-18(17)23/h5-6,8,14,17,20,22H,3-4,7,9-13,25H2,1-2H3;5-6,8,13,16,19,21H,3-4,7,9-12,25H2,1-2H3;3,6,8,15-16,19,21H,1-2,4-5,7,9-12,24H2;5-6,8,13,16,19,21H,3-4,7,9-12,24H2,1-2H3/t17-,20+,22-;16-,19+,21-;15-,19+,21-;16-,19+,21-/m1111/s1. The number of nitrogens with two attached hydrogens (primary N) is 4. The average Bonchev–Trinajstić information content (AvgIpc) is 1.61. The van der Waals surface area contributed by atoms with E-state index in [1.165, 1.54) is 22.8 Å². The zero-order chi connectivity index (χ0) is 85.7. The summed E-state index contributed by atoms with van der Waals surface area (Å²) in [5.74, 6) is -3.75. The number of hydrogen-bond donors (Lipinski definition) is 4. The summed E-state index contributed by atoms with van der Waals surface area (Å²) in [6.07, 6.45) is 8.36. The third kappa shape index (κ3) is 19.6. The molecule has 1 saturated carbocycles. The highest BCUT2D eigenvalue weighted by Gasteiger charge is 2.49. The summed E-state index contributed by atoms with van der Waals surface area (Å²) in [4.78, 5) is 23.5. The molecule has 12 heterocycles. The number of nitrogens with zero attached hydrogens (tertiary/aromatic N) is 8. The lowest BCUT2D eigenvalue weighted by Gasteiger charge is -2.39. The smallest absolute Gasteiger partial charge is 0.237 e. The highest BCUT2D eigenvalue weighted by molar-refractivity contribution is 7.90. The molecule has 8 N–H and O–H groups in total. The van der Waals surface area contributed by atoms with Crippen molar-refractivity contribution >= 4 is 36.0 Å². The maximum absolute atomic E-state index is 14.2. The van der Waals surface area contributed by atoms with Crippen molar-refractivity contribution in [1.82, 2.24) is 37.4 Å². The number of sulfonamides is 3. The third-order valence-corrected chi connectivity index (χ3v) is 32.5. The first-order valence-electron chi connectivity index (χ1n) is 42.5. The molecule has 17 rings (SSSR count). The molecule has 1 aliphatic carbocycles. The Labute approximate surface area is 700 Å². The van der Waals surface area contributed by atoms with E-state index in [1.807, 2.05) is 32.6 Å². The fraction of sp³-hybridized carbons (Fsp3) is 0.616. The molecule has 34 heteroatoms. The molecule has 4 aromatic rings. The van der Waals surface area contributed by atoms with Crippen LogP contribution in [0.2, 0.25) is 0 Å². The van der Waals surface area contributed by atoms with Gasteiger partial charge < -0.3 is 46.8 Å². The summed E-state index contributed by atoms with van der Waals surface area (Å²) in [5, 5.41) is -0.682. The van der Waals surface area contributed by atoms with Gasteiger partial charge in [-0.25, -0.2) is 60.4 Å². The molecule has 5 fully saturated rings. The van der Waals surface area contributed by atoms with Crippen LogP contribution in [0.15, 0.2) is 118 Å². The van der Waals surface area contributed by atoms with Crippen molar-refractivity contribution in [3.8, 4) is 0 Å². The second kappa shape index (κ2) is 37.4. The van der Waals surface area contributed by atoms with Crippen molar-refractivity contribution in [2.24, 2.45) is 34.8 Å². The first-order chi connectivity index (χ1) is 57.0. The van der Waals surface area contributed by atoms with Crippen LogP contribution in [0.1, 0.15) is 178 Å². The zero-order valence-electron chi connectivity index (χ0n) is 69.2. The highest BCUT2D eigenvalue weighted by Crippen LogP contribution is 2.44. The summed E-state index contributed by atoms with van der Waals surface area (Å²) in [6, 6.07) is 11.6. The molecule has 0 aromatic heterocycles. The Balaban J connectivity index is 0.000000131. The van der Waals surface area contributed by atoms with Gasteiger partial charge in [-0.2, -0.15) is 0 Å². The van der Waals surface area contributed by atoms with E-state index in [-0.39, 0.29) is 75.2 Å². The lowest BCUT2D eigenvalue weighted by Crippen LogP contribution is -2.49. The molecular weight excluding hydrogens is 1630 g/mol. The van der Waals surface area contributed by atoms with E-state index in [4.69, 9.17) is 41.9 Å². The topological polar surface area (TPSA) is 286 Å². The Morgan fingerprint density at radius 3 is 1.02 bits per heavy atom. The number of rotatable bonds is 16. The summed E-state index contributed by atoms with van der Waals surface area (Å²) in [7, 11) is -9.94. The van der Waals surface area contributed by atoms with Crippen molar-refractivity contribution in [2.75, 3.05) is 111 Å². The van der Waals surface area contributed by atoms with Crippen molar-refractivity contribution in [2.45, 2.75) is 215 Å². The zero-order valence-corrected chi connectivity index (χ0v) is 71.7. The maximum Gasteiger partial charge on any atom is 0.237 e. The number of carbonyl (C=O) groups excluding carboxylic acids is 1. The molecule has 0 unspecified atom stereocenters. The van der Waals surface area contributed by atoms with Crippen LogP contribution in [0.25, 0.3) is 0 Å². The van der Waals surface area contributed by atoms with Crippen LogP contribution < -0.4 is 22.9 Å². The van der Waals surface area contributed by atoms with Crippen LogP contribution in [-0.2, 0) is 53.8 Å². The highest BCUT2D eigenvalue weighted by atomic mass is 32.2. The number of halogens is 8. The lowest BCUT2D eigenvalue weighted by molar-refractivity contribution is -0.133. The molecule has 660 valence electrons. The molecule has 0 spiro atoms.